The summed E-state index contributed by atoms with van der Waals surface area (Å²) < 4.78 is 5.65. The molecule has 0 aromatic heterocycles. The van der Waals surface area contributed by atoms with Crippen LogP contribution in [0.4, 0.5) is 0 Å². The smallest absolute Gasteiger partial charge is 0.335 e. The number of ether oxygens (including phenoxy) is 1. The largest absolute Gasteiger partial charge is 0.490 e. The molecule has 0 radical (unpaired) electrons. The molecule has 0 aliphatic carbocycles. The van der Waals surface area contributed by atoms with E-state index < -0.39 is 5.97 Å². The van der Waals surface area contributed by atoms with Crippen LogP contribution in [0.2, 0.25) is 0 Å². The van der Waals surface area contributed by atoms with E-state index in [1.807, 2.05) is 42.5 Å². The number of allylic oxidation sites excluding steroid dienone is 6. The van der Waals surface area contributed by atoms with Crippen LogP contribution in [0.5, 0.6) is 5.75 Å². The van der Waals surface area contributed by atoms with Crippen LogP contribution in [0.15, 0.2) is 102 Å². The van der Waals surface area contributed by atoms with Crippen molar-refractivity contribution in [3.8, 4) is 5.75 Å². The zero-order chi connectivity index (χ0) is 22.2. The normalized spacial score (nSPS) is 11.9. The molecular weight excluding hydrogens is 404 g/mol. The summed E-state index contributed by atoms with van der Waals surface area (Å²) in [7, 11) is 0. The lowest BCUT2D eigenvalue weighted by atomic mass is 10.2. The van der Waals surface area contributed by atoms with E-state index in [-0.39, 0.29) is 0 Å². The van der Waals surface area contributed by atoms with Crippen LogP contribution in [0.25, 0.3) is 0 Å². The third-order valence-corrected chi connectivity index (χ3v) is 5.26. The topological polar surface area (TPSA) is 46.5 Å². The van der Waals surface area contributed by atoms with Crippen LogP contribution in [0, 0.1) is 6.92 Å². The number of rotatable bonds is 13. The monoisotopic (exact) mass is 434 g/mol. The van der Waals surface area contributed by atoms with Crippen LogP contribution in [0.3, 0.4) is 0 Å². The van der Waals surface area contributed by atoms with Crippen LogP contribution >= 0.6 is 11.8 Å². The maximum Gasteiger partial charge on any atom is 0.335 e. The summed E-state index contributed by atoms with van der Waals surface area (Å²) in [6, 6.07) is 15.1. The van der Waals surface area contributed by atoms with E-state index in [2.05, 4.69) is 49.5 Å². The molecule has 0 heterocycles. The van der Waals surface area contributed by atoms with Gasteiger partial charge in [-0.25, -0.2) is 4.79 Å². The van der Waals surface area contributed by atoms with Crippen molar-refractivity contribution in [2.75, 3.05) is 12.4 Å². The van der Waals surface area contributed by atoms with Gasteiger partial charge in [0, 0.05) is 10.6 Å². The molecule has 0 aliphatic heterocycles. The quantitative estimate of drug-likeness (QED) is 0.266. The average Bonchev–Trinajstić information content (AvgIpc) is 2.78. The molecule has 0 fully saturated rings. The Hall–Kier alpha value is -2.98. The maximum atomic E-state index is 10.8. The Balaban J connectivity index is 1.48. The molecule has 0 bridgehead atoms. The van der Waals surface area contributed by atoms with Gasteiger partial charge in [-0.2, -0.15) is 0 Å². The number of aryl methyl sites for hydroxylation is 1. The summed E-state index contributed by atoms with van der Waals surface area (Å²) in [5.41, 5.74) is 1.56. The fourth-order valence-corrected chi connectivity index (χ4v) is 3.32. The first-order valence-corrected chi connectivity index (χ1v) is 11.4. The summed E-state index contributed by atoms with van der Waals surface area (Å²) in [4.78, 5) is 11.9. The van der Waals surface area contributed by atoms with Gasteiger partial charge in [-0.3, -0.25) is 0 Å². The third kappa shape index (κ3) is 11.1. The van der Waals surface area contributed by atoms with Crippen LogP contribution in [-0.4, -0.2) is 23.4 Å². The zero-order valence-corrected chi connectivity index (χ0v) is 18.8. The SMILES string of the molecule is Cc1ccc(OC/C=C\C/C=C\C/C=C\C/C=C\CSc2ccc(C(=O)O)cc2)cc1. The standard InChI is InChI=1S/C27H30O3S/c1-23-13-17-25(18-14-23)30-21-11-9-7-5-3-2-4-6-8-10-12-22-31-26-19-15-24(16-20-26)27(28)29/h3-6,9-20H,2,7-8,21-22H2,1H3,(H,28,29)/b5-3-,6-4-,11-9-,12-10-. The molecule has 2 rings (SSSR count). The van der Waals surface area contributed by atoms with E-state index in [1.54, 1.807) is 23.9 Å². The number of carboxylic acids is 1. The van der Waals surface area contributed by atoms with Crippen LogP contribution in [0.1, 0.15) is 35.2 Å². The van der Waals surface area contributed by atoms with Gasteiger partial charge in [-0.15, -0.1) is 11.8 Å². The molecule has 162 valence electrons. The first-order chi connectivity index (χ1) is 15.1. The molecule has 0 atom stereocenters. The van der Waals surface area contributed by atoms with E-state index in [0.29, 0.717) is 12.2 Å². The lowest BCUT2D eigenvalue weighted by Gasteiger charge is -2.02. The second-order valence-corrected chi connectivity index (χ2v) is 7.95. The van der Waals surface area contributed by atoms with Crippen molar-refractivity contribution in [3.05, 3.63) is 108 Å². The molecule has 0 saturated carbocycles. The van der Waals surface area contributed by atoms with Crippen molar-refractivity contribution in [1.82, 2.24) is 0 Å². The molecule has 0 aliphatic rings. The number of thioether (sulfide) groups is 1. The minimum absolute atomic E-state index is 0.322. The highest BCUT2D eigenvalue weighted by atomic mass is 32.2. The van der Waals surface area contributed by atoms with Gasteiger partial charge in [0.2, 0.25) is 0 Å². The highest BCUT2D eigenvalue weighted by Gasteiger charge is 2.01. The Morgan fingerprint density at radius 3 is 1.94 bits per heavy atom. The lowest BCUT2D eigenvalue weighted by molar-refractivity contribution is 0.0697. The van der Waals surface area contributed by atoms with Crippen LogP contribution in [-0.2, 0) is 0 Å². The Morgan fingerprint density at radius 2 is 1.35 bits per heavy atom. The van der Waals surface area contributed by atoms with Crippen molar-refractivity contribution < 1.29 is 14.6 Å². The molecule has 0 unspecified atom stereocenters. The van der Waals surface area contributed by atoms with Gasteiger partial charge in [-0.05, 0) is 62.6 Å². The summed E-state index contributed by atoms with van der Waals surface area (Å²) in [5.74, 6) is 0.885. The maximum absolute atomic E-state index is 10.8. The van der Waals surface area contributed by atoms with E-state index >= 15 is 0 Å². The number of benzene rings is 2. The van der Waals surface area contributed by atoms with Crippen LogP contribution < -0.4 is 4.74 Å². The Kier molecular flexibility index (Phi) is 11.7. The van der Waals surface area contributed by atoms with Crippen molar-refractivity contribution in [2.24, 2.45) is 0 Å². The van der Waals surface area contributed by atoms with E-state index in [0.717, 1.165) is 35.7 Å². The third-order valence-electron chi connectivity index (χ3n) is 4.30. The highest BCUT2D eigenvalue weighted by molar-refractivity contribution is 7.99. The molecule has 0 saturated heterocycles. The second kappa shape index (κ2) is 14.9. The number of aromatic carboxylic acids is 1. The Labute approximate surface area is 189 Å². The van der Waals surface area contributed by atoms with E-state index in [4.69, 9.17) is 9.84 Å². The van der Waals surface area contributed by atoms with Gasteiger partial charge < -0.3 is 9.84 Å². The minimum Gasteiger partial charge on any atom is -0.490 e. The first kappa shape index (κ1) is 24.3. The molecule has 3 nitrogen and oxygen atoms in total. The second-order valence-electron chi connectivity index (χ2n) is 6.86. The van der Waals surface area contributed by atoms with E-state index in [9.17, 15) is 4.79 Å². The molecule has 1 N–H and O–H groups in total. The molecule has 4 heteroatoms. The summed E-state index contributed by atoms with van der Waals surface area (Å²) >= 11 is 1.69. The Morgan fingerprint density at radius 1 is 0.806 bits per heavy atom. The predicted molar refractivity (Wildman–Crippen MR) is 131 cm³/mol. The zero-order valence-electron chi connectivity index (χ0n) is 17.9. The fourth-order valence-electron chi connectivity index (χ4n) is 2.57. The summed E-state index contributed by atoms with van der Waals surface area (Å²) in [6.07, 6.45) is 19.9. The minimum atomic E-state index is -0.891. The van der Waals surface area contributed by atoms with Crippen molar-refractivity contribution in [1.29, 1.82) is 0 Å². The Bertz CT molecular complexity index is 891. The lowest BCUT2D eigenvalue weighted by Crippen LogP contribution is -1.94. The summed E-state index contributed by atoms with van der Waals surface area (Å²) in [5, 5.41) is 8.89. The van der Waals surface area contributed by atoms with Gasteiger partial charge in [0.05, 0.1) is 5.56 Å². The van der Waals surface area contributed by atoms with Gasteiger partial charge in [-0.1, -0.05) is 66.3 Å². The number of carbonyl (C=O) groups is 1. The molecule has 0 spiro atoms. The summed E-state index contributed by atoms with van der Waals surface area (Å²) in [6.45, 7) is 2.66. The van der Waals surface area contributed by atoms with E-state index in [1.165, 1.54) is 5.56 Å². The molecule has 2 aromatic rings. The number of hydrogen-bond acceptors (Lipinski definition) is 3. The molecular formula is C27H30O3S. The molecule has 2 aromatic carbocycles. The van der Waals surface area contributed by atoms with Crippen molar-refractivity contribution >= 4 is 17.7 Å². The first-order valence-electron chi connectivity index (χ1n) is 10.4. The molecule has 31 heavy (non-hydrogen) atoms. The fraction of sp³-hybridized carbons (Fsp3) is 0.222. The van der Waals surface area contributed by atoms with Crippen molar-refractivity contribution in [3.63, 3.8) is 0 Å². The van der Waals surface area contributed by atoms with Crippen molar-refractivity contribution in [2.45, 2.75) is 31.1 Å². The average molecular weight is 435 g/mol. The number of carboxylic acid groups (broad SMARTS) is 1. The highest BCUT2D eigenvalue weighted by Crippen LogP contribution is 2.18. The molecule has 0 amide bonds. The number of hydrogen-bond donors (Lipinski definition) is 1. The van der Waals surface area contributed by atoms with Gasteiger partial charge >= 0.3 is 5.97 Å². The van der Waals surface area contributed by atoms with Gasteiger partial charge in [0.1, 0.15) is 12.4 Å². The van der Waals surface area contributed by atoms with Gasteiger partial charge in [0.15, 0.2) is 0 Å². The predicted octanol–water partition coefficient (Wildman–Crippen LogP) is 7.26. The van der Waals surface area contributed by atoms with Gasteiger partial charge in [0.25, 0.3) is 0 Å².